The van der Waals surface area contributed by atoms with Crippen molar-refractivity contribution in [3.63, 3.8) is 0 Å². The van der Waals surface area contributed by atoms with E-state index < -0.39 is 6.10 Å². The minimum Gasteiger partial charge on any atom is -0.395 e. The van der Waals surface area contributed by atoms with E-state index in [2.05, 4.69) is 10.4 Å². The topological polar surface area (TPSA) is 70.3 Å². The first-order valence-corrected chi connectivity index (χ1v) is 6.33. The van der Waals surface area contributed by atoms with Crippen LogP contribution in [0.5, 0.6) is 0 Å². The van der Waals surface area contributed by atoms with E-state index in [1.54, 1.807) is 10.9 Å². The molecule has 1 heterocycles. The highest BCUT2D eigenvalue weighted by Crippen LogP contribution is 2.22. The molecule has 2 atom stereocenters. The fourth-order valence-electron chi connectivity index (χ4n) is 1.67. The maximum absolute atomic E-state index is 10.0. The van der Waals surface area contributed by atoms with Crippen LogP contribution in [0.2, 0.25) is 0 Å². The maximum atomic E-state index is 10.0. The molecule has 0 aliphatic carbocycles. The molecule has 2 unspecified atom stereocenters. The molecule has 0 fully saturated rings. The molecule has 5 heteroatoms. The largest absolute Gasteiger partial charge is 0.395 e. The van der Waals surface area contributed by atoms with Crippen LogP contribution in [0.3, 0.4) is 0 Å². The molecular weight excluding hydrogens is 230 g/mol. The van der Waals surface area contributed by atoms with Gasteiger partial charge < -0.3 is 15.5 Å². The average molecular weight is 255 g/mol. The molecule has 18 heavy (non-hydrogen) atoms. The van der Waals surface area contributed by atoms with E-state index in [0.717, 1.165) is 5.69 Å². The summed E-state index contributed by atoms with van der Waals surface area (Å²) in [4.78, 5) is 0. The van der Waals surface area contributed by atoms with Crippen molar-refractivity contribution in [1.29, 1.82) is 0 Å². The number of nitrogens with zero attached hydrogens (tertiary/aromatic N) is 2. The van der Waals surface area contributed by atoms with E-state index in [4.69, 9.17) is 0 Å². The lowest BCUT2D eigenvalue weighted by Crippen LogP contribution is -2.39. The van der Waals surface area contributed by atoms with Crippen molar-refractivity contribution in [3.8, 4) is 0 Å². The zero-order chi connectivity index (χ0) is 13.8. The standard InChI is InChI=1S/C13H25N3O2/c1-13(2,3)12(18)7-10(9-17)14-8-11-5-6-15-16(11)4/h5-6,10,12,14,17-18H,7-9H2,1-4H3. The van der Waals surface area contributed by atoms with E-state index in [-0.39, 0.29) is 18.1 Å². The molecule has 0 aliphatic rings. The van der Waals surface area contributed by atoms with Crippen LogP contribution in [-0.4, -0.2) is 38.7 Å². The normalized spacial score (nSPS) is 15.7. The number of aliphatic hydroxyl groups is 2. The third-order valence-electron chi connectivity index (χ3n) is 3.22. The Morgan fingerprint density at radius 2 is 2.11 bits per heavy atom. The van der Waals surface area contributed by atoms with Gasteiger partial charge in [0.2, 0.25) is 0 Å². The number of rotatable bonds is 6. The third-order valence-corrected chi connectivity index (χ3v) is 3.22. The number of aliphatic hydroxyl groups excluding tert-OH is 2. The van der Waals surface area contributed by atoms with E-state index >= 15 is 0 Å². The van der Waals surface area contributed by atoms with Gasteiger partial charge in [0.1, 0.15) is 0 Å². The molecule has 1 aromatic heterocycles. The van der Waals surface area contributed by atoms with Gasteiger partial charge in [-0.15, -0.1) is 0 Å². The third kappa shape index (κ3) is 4.40. The lowest BCUT2D eigenvalue weighted by Gasteiger charge is -2.29. The van der Waals surface area contributed by atoms with Crippen LogP contribution in [0.4, 0.5) is 0 Å². The first kappa shape index (κ1) is 15.1. The molecule has 104 valence electrons. The lowest BCUT2D eigenvalue weighted by atomic mass is 9.85. The van der Waals surface area contributed by atoms with Crippen molar-refractivity contribution < 1.29 is 10.2 Å². The number of aromatic nitrogens is 2. The Hall–Kier alpha value is -0.910. The first-order chi connectivity index (χ1) is 8.34. The Bertz CT molecular complexity index is 357. The van der Waals surface area contributed by atoms with Gasteiger partial charge >= 0.3 is 0 Å². The average Bonchev–Trinajstić information content (AvgIpc) is 2.68. The van der Waals surface area contributed by atoms with Crippen molar-refractivity contribution in [2.24, 2.45) is 12.5 Å². The second kappa shape index (κ2) is 6.31. The Morgan fingerprint density at radius 3 is 2.56 bits per heavy atom. The molecule has 0 saturated carbocycles. The highest BCUT2D eigenvalue weighted by Gasteiger charge is 2.25. The van der Waals surface area contributed by atoms with E-state index in [0.29, 0.717) is 13.0 Å². The predicted octanol–water partition coefficient (Wildman–Crippen LogP) is 0.668. The van der Waals surface area contributed by atoms with Crippen LogP contribution in [0.25, 0.3) is 0 Å². The minimum absolute atomic E-state index is 0.0188. The molecule has 0 saturated heterocycles. The highest BCUT2D eigenvalue weighted by atomic mass is 16.3. The van der Waals surface area contributed by atoms with Crippen molar-refractivity contribution >= 4 is 0 Å². The second-order valence-electron chi connectivity index (χ2n) is 5.82. The van der Waals surface area contributed by atoms with Crippen molar-refractivity contribution in [1.82, 2.24) is 15.1 Å². The molecule has 0 bridgehead atoms. The number of nitrogens with one attached hydrogen (secondary N) is 1. The smallest absolute Gasteiger partial charge is 0.0604 e. The summed E-state index contributed by atoms with van der Waals surface area (Å²) in [5, 5.41) is 26.7. The maximum Gasteiger partial charge on any atom is 0.0604 e. The summed E-state index contributed by atoms with van der Waals surface area (Å²) < 4.78 is 1.79. The van der Waals surface area contributed by atoms with Crippen LogP contribution in [0, 0.1) is 5.41 Å². The number of hydrogen-bond donors (Lipinski definition) is 3. The Kier molecular flexibility index (Phi) is 5.31. The summed E-state index contributed by atoms with van der Waals surface area (Å²) >= 11 is 0. The quantitative estimate of drug-likeness (QED) is 0.698. The van der Waals surface area contributed by atoms with Gasteiger partial charge in [0, 0.05) is 25.8 Å². The van der Waals surface area contributed by atoms with E-state index in [9.17, 15) is 10.2 Å². The molecule has 1 aromatic rings. The van der Waals surface area contributed by atoms with Gasteiger partial charge in [-0.1, -0.05) is 20.8 Å². The fraction of sp³-hybridized carbons (Fsp3) is 0.769. The highest BCUT2D eigenvalue weighted by molar-refractivity contribution is 4.99. The van der Waals surface area contributed by atoms with Gasteiger partial charge in [-0.25, -0.2) is 0 Å². The van der Waals surface area contributed by atoms with Crippen LogP contribution in [0.1, 0.15) is 32.9 Å². The minimum atomic E-state index is -0.436. The van der Waals surface area contributed by atoms with Crippen LogP contribution < -0.4 is 5.32 Å². The molecule has 0 spiro atoms. The summed E-state index contributed by atoms with van der Waals surface area (Å²) in [6, 6.07) is 1.83. The predicted molar refractivity (Wildman–Crippen MR) is 71.0 cm³/mol. The molecule has 3 N–H and O–H groups in total. The molecule has 5 nitrogen and oxygen atoms in total. The van der Waals surface area contributed by atoms with E-state index in [1.165, 1.54) is 0 Å². The van der Waals surface area contributed by atoms with Gasteiger partial charge in [0.15, 0.2) is 0 Å². The molecular formula is C13H25N3O2. The summed E-state index contributed by atoms with van der Waals surface area (Å²) in [7, 11) is 1.88. The Morgan fingerprint density at radius 1 is 1.44 bits per heavy atom. The van der Waals surface area contributed by atoms with Crippen molar-refractivity contribution in [2.75, 3.05) is 6.61 Å². The summed E-state index contributed by atoms with van der Waals surface area (Å²) in [6.07, 6.45) is 1.85. The molecule has 0 radical (unpaired) electrons. The molecule has 0 amide bonds. The number of aryl methyl sites for hydroxylation is 1. The summed E-state index contributed by atoms with van der Waals surface area (Å²) in [6.45, 7) is 6.64. The molecule has 0 aliphatic heterocycles. The van der Waals surface area contributed by atoms with Crippen LogP contribution in [0.15, 0.2) is 12.3 Å². The van der Waals surface area contributed by atoms with E-state index in [1.807, 2.05) is 33.9 Å². The van der Waals surface area contributed by atoms with Gasteiger partial charge in [-0.3, -0.25) is 4.68 Å². The summed E-state index contributed by atoms with van der Waals surface area (Å²) in [5.41, 5.74) is 0.889. The van der Waals surface area contributed by atoms with Crippen molar-refractivity contribution in [2.45, 2.75) is 45.9 Å². The van der Waals surface area contributed by atoms with Gasteiger partial charge in [-0.05, 0) is 17.9 Å². The van der Waals surface area contributed by atoms with Gasteiger partial charge in [0.25, 0.3) is 0 Å². The van der Waals surface area contributed by atoms with Gasteiger partial charge in [-0.2, -0.15) is 5.10 Å². The molecule has 1 rings (SSSR count). The fourth-order valence-corrected chi connectivity index (χ4v) is 1.67. The Labute approximate surface area is 109 Å². The zero-order valence-electron chi connectivity index (χ0n) is 11.7. The second-order valence-corrected chi connectivity index (χ2v) is 5.82. The van der Waals surface area contributed by atoms with Crippen LogP contribution >= 0.6 is 0 Å². The van der Waals surface area contributed by atoms with Crippen LogP contribution in [-0.2, 0) is 13.6 Å². The number of hydrogen-bond acceptors (Lipinski definition) is 4. The Balaban J connectivity index is 2.45. The first-order valence-electron chi connectivity index (χ1n) is 6.33. The zero-order valence-corrected chi connectivity index (χ0v) is 11.7. The SMILES string of the molecule is Cn1nccc1CNC(CO)CC(O)C(C)(C)C. The molecule has 0 aromatic carbocycles. The van der Waals surface area contributed by atoms with Crippen molar-refractivity contribution in [3.05, 3.63) is 18.0 Å². The monoisotopic (exact) mass is 255 g/mol. The summed E-state index contributed by atoms with van der Waals surface area (Å²) in [5.74, 6) is 0. The van der Waals surface area contributed by atoms with Gasteiger partial charge in [0.05, 0.1) is 18.4 Å². The lowest BCUT2D eigenvalue weighted by molar-refractivity contribution is 0.0388.